The van der Waals surface area contributed by atoms with Gasteiger partial charge in [-0.2, -0.15) is 0 Å². The molecule has 2 aromatic rings. The van der Waals surface area contributed by atoms with Crippen molar-refractivity contribution in [2.24, 2.45) is 0 Å². The Hall–Kier alpha value is -2.96. The van der Waals surface area contributed by atoms with E-state index in [1.165, 1.54) is 17.4 Å². The summed E-state index contributed by atoms with van der Waals surface area (Å²) >= 11 is 0. The topological polar surface area (TPSA) is 81.0 Å². The zero-order chi connectivity index (χ0) is 17.8. The van der Waals surface area contributed by atoms with Gasteiger partial charge in [0.05, 0.1) is 18.4 Å². The van der Waals surface area contributed by atoms with Gasteiger partial charge in [0.15, 0.2) is 17.6 Å². The molecule has 0 bridgehead atoms. The number of carbonyl (C=O) groups excluding carboxylic acids is 2. The van der Waals surface area contributed by atoms with Crippen LogP contribution in [0.1, 0.15) is 17.3 Å². The summed E-state index contributed by atoms with van der Waals surface area (Å²) in [6, 6.07) is 8.30. The van der Waals surface area contributed by atoms with E-state index in [1.54, 1.807) is 20.0 Å². The van der Waals surface area contributed by atoms with E-state index in [0.717, 1.165) is 0 Å². The summed E-state index contributed by atoms with van der Waals surface area (Å²) in [7, 11) is 1.67. The molecule has 1 aliphatic rings. The Kier molecular flexibility index (Phi) is 4.92. The number of nitrogens with one attached hydrogen (secondary N) is 1. The van der Waals surface area contributed by atoms with Crippen molar-refractivity contribution in [2.75, 3.05) is 20.2 Å². The van der Waals surface area contributed by atoms with Crippen LogP contribution in [0.25, 0.3) is 0 Å². The number of ether oxygens (including phenoxy) is 2. The molecular weight excluding hydrogens is 324 g/mol. The third-order valence-electron chi connectivity index (χ3n) is 3.92. The van der Waals surface area contributed by atoms with Gasteiger partial charge in [-0.15, -0.1) is 0 Å². The summed E-state index contributed by atoms with van der Waals surface area (Å²) in [6.45, 7) is 2.37. The van der Waals surface area contributed by atoms with Crippen LogP contribution in [-0.4, -0.2) is 49.1 Å². The molecular formula is C18H20N2O5. The number of benzene rings is 1. The van der Waals surface area contributed by atoms with E-state index in [9.17, 15) is 9.59 Å². The van der Waals surface area contributed by atoms with Gasteiger partial charge >= 0.3 is 0 Å². The third kappa shape index (κ3) is 3.93. The summed E-state index contributed by atoms with van der Waals surface area (Å²) in [4.78, 5) is 26.0. The Morgan fingerprint density at radius 3 is 2.76 bits per heavy atom. The number of para-hydroxylation sites is 2. The van der Waals surface area contributed by atoms with Crippen molar-refractivity contribution in [1.29, 1.82) is 0 Å². The molecule has 2 heterocycles. The minimum atomic E-state index is -0.663. The number of furan rings is 1. The van der Waals surface area contributed by atoms with E-state index in [2.05, 4.69) is 5.32 Å². The second-order valence-electron chi connectivity index (χ2n) is 5.92. The first-order valence-corrected chi connectivity index (χ1v) is 8.01. The van der Waals surface area contributed by atoms with Crippen molar-refractivity contribution < 1.29 is 23.5 Å². The molecule has 132 valence electrons. The molecule has 0 fully saturated rings. The maximum absolute atomic E-state index is 12.5. The number of carbonyl (C=O) groups is 2. The molecule has 2 amide bonds. The van der Waals surface area contributed by atoms with Crippen molar-refractivity contribution in [3.8, 4) is 11.5 Å². The molecule has 0 saturated carbocycles. The smallest absolute Gasteiger partial charge is 0.255 e. The highest BCUT2D eigenvalue weighted by Gasteiger charge is 2.26. The average molecular weight is 344 g/mol. The quantitative estimate of drug-likeness (QED) is 0.893. The SMILES string of the molecule is C[C@H](NC(=O)c1ccoc1)C(=O)N(C)C[C@@H]1COc2ccccc2O1. The maximum atomic E-state index is 12.5. The summed E-state index contributed by atoms with van der Waals surface area (Å²) in [5, 5.41) is 2.65. The minimum absolute atomic E-state index is 0.209. The van der Waals surface area contributed by atoms with E-state index in [4.69, 9.17) is 13.9 Å². The van der Waals surface area contributed by atoms with E-state index in [1.807, 2.05) is 24.3 Å². The van der Waals surface area contributed by atoms with Crippen LogP contribution in [0.15, 0.2) is 47.3 Å². The number of fused-ring (bicyclic) bond motifs is 1. The number of hydrogen-bond donors (Lipinski definition) is 1. The van der Waals surface area contributed by atoms with Crippen LogP contribution in [0.4, 0.5) is 0 Å². The predicted molar refractivity (Wildman–Crippen MR) is 89.6 cm³/mol. The number of rotatable bonds is 5. The van der Waals surface area contributed by atoms with Gasteiger partial charge in [-0.1, -0.05) is 12.1 Å². The van der Waals surface area contributed by atoms with Crippen molar-refractivity contribution in [1.82, 2.24) is 10.2 Å². The van der Waals surface area contributed by atoms with Crippen LogP contribution in [0.3, 0.4) is 0 Å². The number of likely N-dealkylation sites (N-methyl/N-ethyl adjacent to an activating group) is 1. The Morgan fingerprint density at radius 1 is 1.28 bits per heavy atom. The molecule has 1 aromatic heterocycles. The Labute approximate surface area is 145 Å². The predicted octanol–water partition coefficient (Wildman–Crippen LogP) is 1.70. The van der Waals surface area contributed by atoms with E-state index >= 15 is 0 Å². The van der Waals surface area contributed by atoms with Crippen LogP contribution in [0.5, 0.6) is 11.5 Å². The van der Waals surface area contributed by atoms with E-state index < -0.39 is 6.04 Å². The highest BCUT2D eigenvalue weighted by molar-refractivity contribution is 5.97. The van der Waals surface area contributed by atoms with Crippen molar-refractivity contribution in [3.63, 3.8) is 0 Å². The Morgan fingerprint density at radius 2 is 2.04 bits per heavy atom. The molecule has 0 spiro atoms. The van der Waals surface area contributed by atoms with Gasteiger partial charge in [-0.05, 0) is 25.1 Å². The largest absolute Gasteiger partial charge is 0.486 e. The fraction of sp³-hybridized carbons (Fsp3) is 0.333. The lowest BCUT2D eigenvalue weighted by Crippen LogP contribution is -2.49. The van der Waals surface area contributed by atoms with Crippen LogP contribution < -0.4 is 14.8 Å². The second kappa shape index (κ2) is 7.29. The number of amides is 2. The molecule has 7 nitrogen and oxygen atoms in total. The Bertz CT molecular complexity index is 744. The average Bonchev–Trinajstić information content (AvgIpc) is 3.15. The lowest BCUT2D eigenvalue weighted by Gasteiger charge is -2.30. The molecule has 0 saturated heterocycles. The molecule has 1 N–H and O–H groups in total. The zero-order valence-electron chi connectivity index (χ0n) is 14.1. The van der Waals surface area contributed by atoms with Gasteiger partial charge in [0.2, 0.25) is 5.91 Å². The summed E-state index contributed by atoms with van der Waals surface area (Å²) < 4.78 is 16.4. The lowest BCUT2D eigenvalue weighted by atomic mass is 10.2. The normalized spacial score (nSPS) is 16.8. The van der Waals surface area contributed by atoms with Crippen LogP contribution >= 0.6 is 0 Å². The first-order valence-electron chi connectivity index (χ1n) is 8.01. The molecule has 1 aliphatic heterocycles. The number of nitrogens with zero attached hydrogens (tertiary/aromatic N) is 1. The van der Waals surface area contributed by atoms with Crippen LogP contribution in [-0.2, 0) is 4.79 Å². The Balaban J connectivity index is 1.53. The highest BCUT2D eigenvalue weighted by Crippen LogP contribution is 2.30. The molecule has 25 heavy (non-hydrogen) atoms. The molecule has 1 aromatic carbocycles. The summed E-state index contributed by atoms with van der Waals surface area (Å²) in [6.07, 6.45) is 2.48. The van der Waals surface area contributed by atoms with E-state index in [-0.39, 0.29) is 17.9 Å². The van der Waals surface area contributed by atoms with Crippen molar-refractivity contribution in [3.05, 3.63) is 48.4 Å². The van der Waals surface area contributed by atoms with E-state index in [0.29, 0.717) is 30.2 Å². The molecule has 3 rings (SSSR count). The summed E-state index contributed by atoms with van der Waals surface area (Å²) in [5.74, 6) is 0.808. The monoisotopic (exact) mass is 344 g/mol. The van der Waals surface area contributed by atoms with Gasteiger partial charge in [0.25, 0.3) is 5.91 Å². The molecule has 0 aliphatic carbocycles. The minimum Gasteiger partial charge on any atom is -0.486 e. The maximum Gasteiger partial charge on any atom is 0.255 e. The van der Waals surface area contributed by atoms with Gasteiger partial charge < -0.3 is 24.1 Å². The van der Waals surface area contributed by atoms with Crippen LogP contribution in [0.2, 0.25) is 0 Å². The molecule has 7 heteroatoms. The lowest BCUT2D eigenvalue weighted by molar-refractivity contribution is -0.132. The first kappa shape index (κ1) is 16.9. The fourth-order valence-electron chi connectivity index (χ4n) is 2.61. The number of hydrogen-bond acceptors (Lipinski definition) is 5. The fourth-order valence-corrected chi connectivity index (χ4v) is 2.61. The highest BCUT2D eigenvalue weighted by atomic mass is 16.6. The van der Waals surface area contributed by atoms with Crippen LogP contribution in [0, 0.1) is 0 Å². The van der Waals surface area contributed by atoms with Gasteiger partial charge in [-0.25, -0.2) is 0 Å². The molecule has 2 atom stereocenters. The third-order valence-corrected chi connectivity index (χ3v) is 3.92. The molecule has 0 unspecified atom stereocenters. The standard InChI is InChI=1S/C18H20N2O5/c1-12(19-17(21)13-7-8-23-10-13)18(22)20(2)9-14-11-24-15-5-3-4-6-16(15)25-14/h3-8,10,12,14H,9,11H2,1-2H3,(H,19,21)/t12-,14+/m0/s1. The molecule has 0 radical (unpaired) electrons. The van der Waals surface area contributed by atoms with Crippen molar-refractivity contribution in [2.45, 2.75) is 19.1 Å². The first-order chi connectivity index (χ1) is 12.0. The zero-order valence-corrected chi connectivity index (χ0v) is 14.1. The van der Waals surface area contributed by atoms with Gasteiger partial charge in [0.1, 0.15) is 18.9 Å². The van der Waals surface area contributed by atoms with Gasteiger partial charge in [0, 0.05) is 7.05 Å². The van der Waals surface area contributed by atoms with Gasteiger partial charge in [-0.3, -0.25) is 9.59 Å². The second-order valence-corrected chi connectivity index (χ2v) is 5.92. The summed E-state index contributed by atoms with van der Waals surface area (Å²) in [5.41, 5.74) is 0.378. The van der Waals surface area contributed by atoms with Crippen molar-refractivity contribution >= 4 is 11.8 Å².